The van der Waals surface area contributed by atoms with Gasteiger partial charge in [-0.2, -0.15) is 0 Å². The van der Waals surface area contributed by atoms with Crippen molar-refractivity contribution >= 4 is 5.91 Å². The van der Waals surface area contributed by atoms with Gasteiger partial charge >= 0.3 is 0 Å². The van der Waals surface area contributed by atoms with Gasteiger partial charge in [-0.05, 0) is 33.6 Å². The van der Waals surface area contributed by atoms with Crippen molar-refractivity contribution in [2.45, 2.75) is 57.7 Å². The molecule has 3 N–H and O–H groups in total. The van der Waals surface area contributed by atoms with Crippen molar-refractivity contribution in [1.82, 2.24) is 15.1 Å². The molecule has 1 atom stereocenters. The predicted molar refractivity (Wildman–Crippen MR) is 81.5 cm³/mol. The van der Waals surface area contributed by atoms with Crippen molar-refractivity contribution in [3.05, 3.63) is 0 Å². The highest BCUT2D eigenvalue weighted by Crippen LogP contribution is 2.20. The average Bonchev–Trinajstić information content (AvgIpc) is 3.19. The van der Waals surface area contributed by atoms with E-state index in [0.29, 0.717) is 19.0 Å². The van der Waals surface area contributed by atoms with E-state index in [1.165, 1.54) is 0 Å². The highest BCUT2D eigenvalue weighted by Gasteiger charge is 2.30. The molecule has 2 aliphatic rings. The molecule has 1 unspecified atom stereocenters. The average molecular weight is 282 g/mol. The van der Waals surface area contributed by atoms with Gasteiger partial charge in [-0.15, -0.1) is 0 Å². The number of carbonyl (C=O) groups excluding carboxylic acids is 1. The van der Waals surface area contributed by atoms with Crippen LogP contribution in [0.1, 0.15) is 40.0 Å². The van der Waals surface area contributed by atoms with E-state index in [4.69, 9.17) is 5.73 Å². The van der Waals surface area contributed by atoms with Gasteiger partial charge in [0.1, 0.15) is 0 Å². The molecule has 0 spiro atoms. The first-order chi connectivity index (χ1) is 9.40. The molecule has 2 rings (SSSR count). The number of hydrogen-bond acceptors (Lipinski definition) is 4. The number of amides is 1. The Bertz CT molecular complexity index is 327. The molecule has 2 fully saturated rings. The summed E-state index contributed by atoms with van der Waals surface area (Å²) < 4.78 is 0. The molecule has 5 nitrogen and oxygen atoms in total. The van der Waals surface area contributed by atoms with Crippen molar-refractivity contribution in [2.75, 3.05) is 32.7 Å². The monoisotopic (exact) mass is 282 g/mol. The maximum atomic E-state index is 11.9. The minimum Gasteiger partial charge on any atom is -0.353 e. The van der Waals surface area contributed by atoms with E-state index >= 15 is 0 Å². The van der Waals surface area contributed by atoms with Crippen LogP contribution in [0.5, 0.6) is 0 Å². The molecule has 116 valence electrons. The number of nitrogens with one attached hydrogen (secondary N) is 1. The fourth-order valence-electron chi connectivity index (χ4n) is 2.85. The quantitative estimate of drug-likeness (QED) is 0.766. The third-order valence-electron chi connectivity index (χ3n) is 4.41. The molecule has 1 saturated carbocycles. The highest BCUT2D eigenvalue weighted by molar-refractivity contribution is 5.77. The second-order valence-electron chi connectivity index (χ2n) is 7.13. The molecular formula is C15H30N4O. The summed E-state index contributed by atoms with van der Waals surface area (Å²) in [5.74, 6) is 0.168. The zero-order chi connectivity index (χ0) is 14.8. The second kappa shape index (κ2) is 6.41. The van der Waals surface area contributed by atoms with E-state index in [2.05, 4.69) is 35.9 Å². The van der Waals surface area contributed by atoms with Crippen LogP contribution in [0.25, 0.3) is 0 Å². The summed E-state index contributed by atoms with van der Waals surface area (Å²) in [5.41, 5.74) is 6.11. The van der Waals surface area contributed by atoms with Crippen molar-refractivity contribution in [1.29, 1.82) is 0 Å². The molecule has 0 bridgehead atoms. The molecule has 1 saturated heterocycles. The topological polar surface area (TPSA) is 61.6 Å². The number of hydrogen-bond donors (Lipinski definition) is 2. The molecule has 1 aliphatic heterocycles. The van der Waals surface area contributed by atoms with Crippen molar-refractivity contribution < 1.29 is 4.79 Å². The van der Waals surface area contributed by atoms with E-state index in [0.717, 1.165) is 39.0 Å². The molecule has 0 radical (unpaired) electrons. The number of nitrogens with two attached hydrogens (primary N) is 1. The highest BCUT2D eigenvalue weighted by atomic mass is 16.1. The van der Waals surface area contributed by atoms with Gasteiger partial charge in [-0.1, -0.05) is 0 Å². The Balaban J connectivity index is 1.78. The maximum absolute atomic E-state index is 11.9. The fourth-order valence-corrected chi connectivity index (χ4v) is 2.85. The van der Waals surface area contributed by atoms with E-state index in [1.54, 1.807) is 0 Å². The Hall–Kier alpha value is -0.650. The van der Waals surface area contributed by atoms with Crippen LogP contribution in [0.15, 0.2) is 0 Å². The second-order valence-corrected chi connectivity index (χ2v) is 7.13. The van der Waals surface area contributed by atoms with Gasteiger partial charge < -0.3 is 11.1 Å². The lowest BCUT2D eigenvalue weighted by Crippen LogP contribution is -2.57. The van der Waals surface area contributed by atoms with Crippen LogP contribution in [0.3, 0.4) is 0 Å². The number of nitrogens with zero attached hydrogens (tertiary/aromatic N) is 2. The number of piperazine rings is 1. The summed E-state index contributed by atoms with van der Waals surface area (Å²) in [7, 11) is 0. The van der Waals surface area contributed by atoms with Crippen molar-refractivity contribution in [3.8, 4) is 0 Å². The predicted octanol–water partition coefficient (Wildman–Crippen LogP) is 0.399. The van der Waals surface area contributed by atoms with Crippen molar-refractivity contribution in [3.63, 3.8) is 0 Å². The van der Waals surface area contributed by atoms with Gasteiger partial charge in [0.25, 0.3) is 0 Å². The van der Waals surface area contributed by atoms with Gasteiger partial charge in [-0.25, -0.2) is 0 Å². The SMILES string of the molecule is CC(C)(C)N1CCN(C(CN)CC(=O)NC2CC2)CC1. The van der Waals surface area contributed by atoms with Crippen LogP contribution in [0.2, 0.25) is 0 Å². The first-order valence-electron chi connectivity index (χ1n) is 7.88. The van der Waals surface area contributed by atoms with Gasteiger partial charge in [0, 0.05) is 56.8 Å². The van der Waals surface area contributed by atoms with Gasteiger partial charge in [0.2, 0.25) is 5.91 Å². The molecule has 1 aliphatic carbocycles. The molecule has 0 aromatic carbocycles. The Morgan fingerprint density at radius 3 is 2.30 bits per heavy atom. The molecule has 1 heterocycles. The summed E-state index contributed by atoms with van der Waals surface area (Å²) >= 11 is 0. The molecule has 1 amide bonds. The molecule has 5 heteroatoms. The molecule has 20 heavy (non-hydrogen) atoms. The minimum absolute atomic E-state index is 0.168. The first-order valence-corrected chi connectivity index (χ1v) is 7.88. The maximum Gasteiger partial charge on any atom is 0.221 e. The van der Waals surface area contributed by atoms with Crippen LogP contribution in [0.4, 0.5) is 0 Å². The zero-order valence-corrected chi connectivity index (χ0v) is 13.2. The summed E-state index contributed by atoms with van der Waals surface area (Å²) in [6, 6.07) is 0.634. The van der Waals surface area contributed by atoms with Crippen LogP contribution in [0, 0.1) is 0 Å². The molecule has 0 aromatic heterocycles. The Morgan fingerprint density at radius 2 is 1.85 bits per heavy atom. The van der Waals surface area contributed by atoms with Crippen LogP contribution in [-0.2, 0) is 4.79 Å². The van der Waals surface area contributed by atoms with Crippen LogP contribution in [-0.4, -0.2) is 66.1 Å². The number of carbonyl (C=O) groups is 1. The van der Waals surface area contributed by atoms with Crippen LogP contribution < -0.4 is 11.1 Å². The Morgan fingerprint density at radius 1 is 1.25 bits per heavy atom. The zero-order valence-electron chi connectivity index (χ0n) is 13.2. The smallest absolute Gasteiger partial charge is 0.221 e. The minimum atomic E-state index is 0.168. The van der Waals surface area contributed by atoms with E-state index in [-0.39, 0.29) is 17.5 Å². The van der Waals surface area contributed by atoms with E-state index < -0.39 is 0 Å². The van der Waals surface area contributed by atoms with Crippen LogP contribution >= 0.6 is 0 Å². The summed E-state index contributed by atoms with van der Waals surface area (Å²) in [6.45, 7) is 11.5. The van der Waals surface area contributed by atoms with Gasteiger partial charge in [0.05, 0.1) is 0 Å². The lowest BCUT2D eigenvalue weighted by Gasteiger charge is -2.44. The van der Waals surface area contributed by atoms with E-state index in [1.807, 2.05) is 0 Å². The third-order valence-corrected chi connectivity index (χ3v) is 4.41. The normalized spacial score (nSPS) is 23.6. The van der Waals surface area contributed by atoms with E-state index in [9.17, 15) is 4.79 Å². The summed E-state index contributed by atoms with van der Waals surface area (Å²) in [5, 5.41) is 3.06. The Kier molecular flexibility index (Phi) is 5.04. The summed E-state index contributed by atoms with van der Waals surface area (Å²) in [6.07, 6.45) is 2.83. The fraction of sp³-hybridized carbons (Fsp3) is 0.933. The number of rotatable bonds is 5. The first kappa shape index (κ1) is 15.7. The third kappa shape index (κ3) is 4.43. The Labute approximate surface area is 122 Å². The lowest BCUT2D eigenvalue weighted by molar-refractivity contribution is -0.122. The molecule has 0 aromatic rings. The molecular weight excluding hydrogens is 252 g/mol. The van der Waals surface area contributed by atoms with Crippen molar-refractivity contribution in [2.24, 2.45) is 5.73 Å². The lowest BCUT2D eigenvalue weighted by atomic mass is 10.0. The van der Waals surface area contributed by atoms with Gasteiger partial charge in [-0.3, -0.25) is 14.6 Å². The largest absolute Gasteiger partial charge is 0.353 e. The summed E-state index contributed by atoms with van der Waals surface area (Å²) in [4.78, 5) is 16.8. The standard InChI is InChI=1S/C15H30N4O/c1-15(2,3)19-8-6-18(7-9-19)13(11-16)10-14(20)17-12-4-5-12/h12-13H,4-11,16H2,1-3H3,(H,17,20). The van der Waals surface area contributed by atoms with Gasteiger partial charge in [0.15, 0.2) is 0 Å².